The fraction of sp³-hybridized carbons (Fsp3) is 0.429. The van der Waals surface area contributed by atoms with E-state index in [4.69, 9.17) is 4.42 Å². The van der Waals surface area contributed by atoms with E-state index in [0.29, 0.717) is 0 Å². The molecule has 0 spiro atoms. The van der Waals surface area contributed by atoms with Gasteiger partial charge in [-0.05, 0) is 0 Å². The number of hydrogen-bond acceptors (Lipinski definition) is 5. The molecule has 2 rings (SSSR count). The standard InChI is InChI=1S/C14H21N5O2S/c1-5-11-7-12(13(6-2)21-11)16-14(20)17-22-19(4)10-8-15-18(3)9-10/h7-9H,5-6H2,1-4H3,(H2,16,17,20). The molecule has 2 aromatic rings. The Labute approximate surface area is 134 Å². The number of hydrogen-bond donors (Lipinski definition) is 2. The molecule has 0 saturated heterocycles. The normalized spacial score (nSPS) is 10.5. The zero-order valence-corrected chi connectivity index (χ0v) is 14.0. The van der Waals surface area contributed by atoms with Crippen LogP contribution in [-0.4, -0.2) is 22.9 Å². The zero-order valence-electron chi connectivity index (χ0n) is 13.2. The number of urea groups is 1. The summed E-state index contributed by atoms with van der Waals surface area (Å²) < 4.78 is 11.9. The molecule has 2 N–H and O–H groups in total. The van der Waals surface area contributed by atoms with Crippen LogP contribution in [-0.2, 0) is 19.9 Å². The monoisotopic (exact) mass is 323 g/mol. The minimum Gasteiger partial charge on any atom is -0.464 e. The molecule has 7 nitrogen and oxygen atoms in total. The van der Waals surface area contributed by atoms with Crippen molar-refractivity contribution in [1.29, 1.82) is 0 Å². The number of rotatable bonds is 6. The molecule has 2 aromatic heterocycles. The summed E-state index contributed by atoms with van der Waals surface area (Å²) in [6.07, 6.45) is 5.13. The van der Waals surface area contributed by atoms with E-state index in [2.05, 4.69) is 15.1 Å². The van der Waals surface area contributed by atoms with Crippen LogP contribution in [0.4, 0.5) is 16.2 Å². The number of anilines is 2. The summed E-state index contributed by atoms with van der Waals surface area (Å²) in [6, 6.07) is 1.58. The lowest BCUT2D eigenvalue weighted by atomic mass is 10.3. The molecule has 0 aliphatic heterocycles. The van der Waals surface area contributed by atoms with Crippen molar-refractivity contribution < 1.29 is 9.21 Å². The van der Waals surface area contributed by atoms with Gasteiger partial charge in [0.2, 0.25) is 0 Å². The molecule has 8 heteroatoms. The minimum atomic E-state index is -0.293. The zero-order chi connectivity index (χ0) is 16.1. The van der Waals surface area contributed by atoms with Gasteiger partial charge in [-0.1, -0.05) is 13.8 Å². The van der Waals surface area contributed by atoms with Crippen molar-refractivity contribution in [3.63, 3.8) is 0 Å². The smallest absolute Gasteiger partial charge is 0.330 e. The lowest BCUT2D eigenvalue weighted by Crippen LogP contribution is -2.27. The first-order valence-corrected chi connectivity index (χ1v) is 7.88. The third-order valence-corrected chi connectivity index (χ3v) is 3.87. The van der Waals surface area contributed by atoms with Crippen molar-refractivity contribution in [1.82, 2.24) is 14.5 Å². The molecular weight excluding hydrogens is 302 g/mol. The van der Waals surface area contributed by atoms with Gasteiger partial charge in [0.1, 0.15) is 11.5 Å². The molecule has 120 valence electrons. The van der Waals surface area contributed by atoms with Gasteiger partial charge in [0.25, 0.3) is 0 Å². The quantitative estimate of drug-likeness (QED) is 0.799. The maximum atomic E-state index is 12.0. The molecule has 0 atom stereocenters. The van der Waals surface area contributed by atoms with Crippen LogP contribution in [0.5, 0.6) is 0 Å². The Morgan fingerprint density at radius 3 is 2.82 bits per heavy atom. The number of furan rings is 1. The van der Waals surface area contributed by atoms with Crippen molar-refractivity contribution >= 4 is 29.5 Å². The fourth-order valence-corrected chi connectivity index (χ4v) is 2.38. The number of amides is 2. The third kappa shape index (κ3) is 3.97. The number of nitrogens with zero attached hydrogens (tertiary/aromatic N) is 3. The van der Waals surface area contributed by atoms with Crippen molar-refractivity contribution in [3.05, 3.63) is 30.0 Å². The van der Waals surface area contributed by atoms with E-state index in [9.17, 15) is 4.79 Å². The topological polar surface area (TPSA) is 75.3 Å². The van der Waals surface area contributed by atoms with Gasteiger partial charge in [-0.2, -0.15) is 5.10 Å². The van der Waals surface area contributed by atoms with Gasteiger partial charge in [0, 0.05) is 39.2 Å². The van der Waals surface area contributed by atoms with Gasteiger partial charge in [-0.15, -0.1) is 0 Å². The first-order chi connectivity index (χ1) is 10.5. The Kier molecular flexibility index (Phi) is 5.37. The summed E-state index contributed by atoms with van der Waals surface area (Å²) in [6.45, 7) is 4.01. The maximum Gasteiger partial charge on any atom is 0.330 e. The van der Waals surface area contributed by atoms with Crippen LogP contribution in [0, 0.1) is 0 Å². The maximum absolute atomic E-state index is 12.0. The Balaban J connectivity index is 1.89. The Morgan fingerprint density at radius 2 is 2.23 bits per heavy atom. The van der Waals surface area contributed by atoms with Crippen LogP contribution in [0.1, 0.15) is 25.4 Å². The van der Waals surface area contributed by atoms with E-state index >= 15 is 0 Å². The van der Waals surface area contributed by atoms with Crippen molar-refractivity contribution in [2.45, 2.75) is 26.7 Å². The lowest BCUT2D eigenvalue weighted by molar-refractivity contribution is 0.257. The Hall–Kier alpha value is -2.09. The second kappa shape index (κ2) is 7.26. The molecule has 0 bridgehead atoms. The summed E-state index contributed by atoms with van der Waals surface area (Å²) in [5.41, 5.74) is 1.63. The molecule has 0 aliphatic carbocycles. The van der Waals surface area contributed by atoms with Gasteiger partial charge in [0.05, 0.1) is 29.7 Å². The molecule has 2 heterocycles. The van der Waals surface area contributed by atoms with Gasteiger partial charge in [-0.3, -0.25) is 13.7 Å². The van der Waals surface area contributed by atoms with E-state index in [0.717, 1.165) is 35.7 Å². The Morgan fingerprint density at radius 1 is 1.45 bits per heavy atom. The molecular formula is C14H21N5O2S. The minimum absolute atomic E-state index is 0.293. The summed E-state index contributed by atoms with van der Waals surface area (Å²) in [5.74, 6) is 1.66. The highest BCUT2D eigenvalue weighted by Gasteiger charge is 2.12. The number of nitrogens with one attached hydrogen (secondary N) is 2. The molecule has 0 saturated carbocycles. The van der Waals surface area contributed by atoms with Crippen LogP contribution in [0.3, 0.4) is 0 Å². The summed E-state index contributed by atoms with van der Waals surface area (Å²) in [4.78, 5) is 12.0. The van der Waals surface area contributed by atoms with Crippen LogP contribution in [0.15, 0.2) is 22.9 Å². The first kappa shape index (κ1) is 16.3. The molecule has 0 fully saturated rings. The number of aryl methyl sites for hydroxylation is 3. The highest BCUT2D eigenvalue weighted by molar-refractivity contribution is 7.99. The molecule has 0 unspecified atom stereocenters. The van der Waals surface area contributed by atoms with Crippen LogP contribution in [0.25, 0.3) is 0 Å². The number of carbonyl (C=O) groups is 1. The fourth-order valence-electron chi connectivity index (χ4n) is 1.91. The second-order valence-corrected chi connectivity index (χ2v) is 5.71. The number of carbonyl (C=O) groups excluding carboxylic acids is 1. The average molecular weight is 323 g/mol. The van der Waals surface area contributed by atoms with E-state index in [-0.39, 0.29) is 6.03 Å². The van der Waals surface area contributed by atoms with E-state index in [1.807, 2.05) is 44.5 Å². The van der Waals surface area contributed by atoms with Gasteiger partial charge >= 0.3 is 6.03 Å². The van der Waals surface area contributed by atoms with E-state index in [1.54, 1.807) is 10.9 Å². The predicted molar refractivity (Wildman–Crippen MR) is 88.8 cm³/mol. The highest BCUT2D eigenvalue weighted by atomic mass is 32.2. The number of aromatic nitrogens is 2. The molecule has 22 heavy (non-hydrogen) atoms. The lowest BCUT2D eigenvalue weighted by Gasteiger charge is -2.15. The summed E-state index contributed by atoms with van der Waals surface area (Å²) in [5, 5.41) is 6.90. The van der Waals surface area contributed by atoms with Crippen LogP contribution < -0.4 is 14.3 Å². The third-order valence-electron chi connectivity index (χ3n) is 3.11. The van der Waals surface area contributed by atoms with Crippen molar-refractivity contribution in [2.24, 2.45) is 7.05 Å². The van der Waals surface area contributed by atoms with E-state index < -0.39 is 0 Å². The first-order valence-electron chi connectivity index (χ1n) is 7.11. The average Bonchev–Trinajstić information content (AvgIpc) is 3.10. The molecule has 2 amide bonds. The SMILES string of the molecule is CCc1cc(NC(=O)NSN(C)c2cnn(C)c2)c(CC)o1. The molecule has 0 aromatic carbocycles. The molecule has 0 aliphatic rings. The van der Waals surface area contributed by atoms with Crippen LogP contribution in [0.2, 0.25) is 0 Å². The van der Waals surface area contributed by atoms with Gasteiger partial charge < -0.3 is 9.73 Å². The Bertz CT molecular complexity index is 637. The summed E-state index contributed by atoms with van der Waals surface area (Å²) >= 11 is 1.18. The van der Waals surface area contributed by atoms with Crippen LogP contribution >= 0.6 is 12.1 Å². The van der Waals surface area contributed by atoms with Gasteiger partial charge in [0.15, 0.2) is 0 Å². The van der Waals surface area contributed by atoms with Gasteiger partial charge in [-0.25, -0.2) is 4.79 Å². The highest BCUT2D eigenvalue weighted by Crippen LogP contribution is 2.22. The van der Waals surface area contributed by atoms with Crippen molar-refractivity contribution in [2.75, 3.05) is 16.7 Å². The predicted octanol–water partition coefficient (Wildman–Crippen LogP) is 2.96. The van der Waals surface area contributed by atoms with E-state index in [1.165, 1.54) is 12.1 Å². The largest absolute Gasteiger partial charge is 0.464 e. The molecule has 0 radical (unpaired) electrons. The summed E-state index contributed by atoms with van der Waals surface area (Å²) in [7, 11) is 3.70. The van der Waals surface area contributed by atoms with Crippen molar-refractivity contribution in [3.8, 4) is 0 Å². The second-order valence-electron chi connectivity index (χ2n) is 4.77.